The number of amidine groups is 1. The SMILES string of the molecule is C/C(C(=O)Nc1cccc(Sc2cnc(N3CCC4(CCOC4)CC3)cn2)c1Cl)=C(/O)N=C1CCCCN1C=O. The number of likely N-dealkylation sites (tertiary alicyclic amines) is 1. The predicted molar refractivity (Wildman–Crippen MR) is 155 cm³/mol. The van der Waals surface area contributed by atoms with E-state index in [-0.39, 0.29) is 5.57 Å². The van der Waals surface area contributed by atoms with Gasteiger partial charge < -0.3 is 25.0 Å². The van der Waals surface area contributed by atoms with Crippen LogP contribution in [0.3, 0.4) is 0 Å². The fourth-order valence-electron chi connectivity index (χ4n) is 5.17. The number of aromatic nitrogens is 2. The van der Waals surface area contributed by atoms with Crippen molar-refractivity contribution >= 4 is 53.0 Å². The largest absolute Gasteiger partial charge is 0.493 e. The Morgan fingerprint density at radius 3 is 2.73 bits per heavy atom. The Balaban J connectivity index is 1.22. The lowest BCUT2D eigenvalue weighted by Crippen LogP contribution is -2.40. The van der Waals surface area contributed by atoms with Crippen molar-refractivity contribution in [2.75, 3.05) is 43.1 Å². The Morgan fingerprint density at radius 2 is 2.02 bits per heavy atom. The molecule has 3 fully saturated rings. The monoisotopic (exact) mass is 584 g/mol. The third-order valence-corrected chi connectivity index (χ3v) is 9.29. The van der Waals surface area contributed by atoms with Crippen LogP contribution in [-0.2, 0) is 14.3 Å². The van der Waals surface area contributed by atoms with Crippen molar-refractivity contribution in [1.29, 1.82) is 0 Å². The van der Waals surface area contributed by atoms with Crippen LogP contribution in [0.5, 0.6) is 0 Å². The molecule has 212 valence electrons. The minimum atomic E-state index is -0.545. The molecule has 2 amide bonds. The number of amides is 2. The molecule has 2 aromatic rings. The van der Waals surface area contributed by atoms with Crippen LogP contribution in [0.4, 0.5) is 11.5 Å². The number of ether oxygens (including phenoxy) is 1. The van der Waals surface area contributed by atoms with Crippen molar-refractivity contribution in [3.63, 3.8) is 0 Å². The van der Waals surface area contributed by atoms with Crippen molar-refractivity contribution in [2.45, 2.75) is 55.4 Å². The van der Waals surface area contributed by atoms with Gasteiger partial charge in [-0.15, -0.1) is 0 Å². The normalized spacial score (nSPS) is 20.5. The molecule has 0 aliphatic carbocycles. The van der Waals surface area contributed by atoms with Gasteiger partial charge in [-0.25, -0.2) is 9.97 Å². The van der Waals surface area contributed by atoms with Crippen molar-refractivity contribution in [3.8, 4) is 0 Å². The topological polar surface area (TPSA) is 120 Å². The van der Waals surface area contributed by atoms with E-state index in [4.69, 9.17) is 16.3 Å². The van der Waals surface area contributed by atoms with Crippen LogP contribution < -0.4 is 10.2 Å². The highest BCUT2D eigenvalue weighted by Crippen LogP contribution is 2.40. The molecule has 1 aromatic heterocycles. The van der Waals surface area contributed by atoms with Crippen LogP contribution in [0.1, 0.15) is 45.4 Å². The second kappa shape index (κ2) is 12.6. The zero-order valence-corrected chi connectivity index (χ0v) is 24.0. The first-order valence-corrected chi connectivity index (χ1v) is 14.7. The third kappa shape index (κ3) is 6.42. The molecule has 0 radical (unpaired) electrons. The van der Waals surface area contributed by atoms with Gasteiger partial charge in [0.25, 0.3) is 5.91 Å². The van der Waals surface area contributed by atoms with E-state index in [0.29, 0.717) is 51.3 Å². The second-order valence-electron chi connectivity index (χ2n) is 10.4. The van der Waals surface area contributed by atoms with Gasteiger partial charge in [0, 0.05) is 37.6 Å². The molecule has 40 heavy (non-hydrogen) atoms. The number of benzene rings is 1. The van der Waals surface area contributed by atoms with Crippen molar-refractivity contribution in [2.24, 2.45) is 10.4 Å². The lowest BCUT2D eigenvalue weighted by molar-refractivity contribution is -0.115. The van der Waals surface area contributed by atoms with E-state index in [1.165, 1.54) is 23.6 Å². The minimum Gasteiger partial charge on any atom is -0.493 e. The van der Waals surface area contributed by atoms with Gasteiger partial charge in [0.2, 0.25) is 12.3 Å². The van der Waals surface area contributed by atoms with E-state index < -0.39 is 11.8 Å². The van der Waals surface area contributed by atoms with Crippen LogP contribution in [0.15, 0.2) is 57.0 Å². The Bertz CT molecular complexity index is 1300. The molecule has 12 heteroatoms. The molecule has 2 N–H and O–H groups in total. The Hall–Kier alpha value is -3.15. The van der Waals surface area contributed by atoms with Gasteiger partial charge in [0.1, 0.15) is 16.7 Å². The van der Waals surface area contributed by atoms with Gasteiger partial charge in [-0.05, 0) is 56.6 Å². The van der Waals surface area contributed by atoms with Gasteiger partial charge in [-0.1, -0.05) is 29.4 Å². The van der Waals surface area contributed by atoms with Crippen molar-refractivity contribution < 1.29 is 19.4 Å². The standard InChI is InChI=1S/C28H33ClN6O4S/c1-19(27(38)33-22-7-2-3-11-35(22)18-36)26(37)32-20-5-4-6-21(25(20)29)40-24-16-30-23(15-31-24)34-12-8-28(9-13-34)10-14-39-17-28/h4-6,15-16,18,38H,2-3,7-14,17H2,1H3,(H,32,37)/b27-19-,33-22?. The summed E-state index contributed by atoms with van der Waals surface area (Å²) in [6.07, 6.45) is 9.88. The first-order valence-electron chi connectivity index (χ1n) is 13.5. The number of nitrogens with one attached hydrogen (secondary N) is 1. The van der Waals surface area contributed by atoms with E-state index in [1.54, 1.807) is 24.5 Å². The highest BCUT2D eigenvalue weighted by atomic mass is 35.5. The summed E-state index contributed by atoms with van der Waals surface area (Å²) in [5.41, 5.74) is 0.750. The molecule has 0 saturated carbocycles. The first-order chi connectivity index (χ1) is 19.4. The fraction of sp³-hybridized carbons (Fsp3) is 0.464. The summed E-state index contributed by atoms with van der Waals surface area (Å²) in [7, 11) is 0. The maximum absolute atomic E-state index is 12.9. The first kappa shape index (κ1) is 28.4. The number of aliphatic imine (C=N–C) groups is 1. The van der Waals surface area contributed by atoms with E-state index in [0.717, 1.165) is 64.2 Å². The number of rotatable bonds is 7. The summed E-state index contributed by atoms with van der Waals surface area (Å²) < 4.78 is 5.63. The van der Waals surface area contributed by atoms with Gasteiger partial charge >= 0.3 is 0 Å². The molecule has 10 nitrogen and oxygen atoms in total. The van der Waals surface area contributed by atoms with E-state index in [2.05, 4.69) is 25.2 Å². The zero-order chi connectivity index (χ0) is 28.1. The molecule has 0 atom stereocenters. The lowest BCUT2D eigenvalue weighted by Gasteiger charge is -2.38. The lowest BCUT2D eigenvalue weighted by atomic mass is 9.78. The Morgan fingerprint density at radius 1 is 1.20 bits per heavy atom. The Kier molecular flexibility index (Phi) is 8.92. The van der Waals surface area contributed by atoms with Gasteiger partial charge in [0.15, 0.2) is 0 Å². The number of nitrogens with zero attached hydrogens (tertiary/aromatic N) is 5. The number of hydrogen-bond donors (Lipinski definition) is 2. The Labute approximate surface area is 242 Å². The summed E-state index contributed by atoms with van der Waals surface area (Å²) in [4.78, 5) is 41.9. The van der Waals surface area contributed by atoms with E-state index in [1.807, 2.05) is 6.07 Å². The number of carbonyl (C=O) groups is 2. The number of hydrogen-bond acceptors (Lipinski definition) is 9. The summed E-state index contributed by atoms with van der Waals surface area (Å²) in [5, 5.41) is 14.2. The molecule has 0 bridgehead atoms. The van der Waals surface area contributed by atoms with E-state index >= 15 is 0 Å². The predicted octanol–water partition coefficient (Wildman–Crippen LogP) is 5.06. The van der Waals surface area contributed by atoms with Crippen LogP contribution >= 0.6 is 23.4 Å². The quantitative estimate of drug-likeness (QED) is 0.263. The molecular formula is C28H33ClN6O4S. The van der Waals surface area contributed by atoms with Crippen LogP contribution in [0.25, 0.3) is 0 Å². The third-order valence-electron chi connectivity index (χ3n) is 7.79. The summed E-state index contributed by atoms with van der Waals surface area (Å²) >= 11 is 7.99. The van der Waals surface area contributed by atoms with Crippen molar-refractivity contribution in [3.05, 3.63) is 47.1 Å². The summed E-state index contributed by atoms with van der Waals surface area (Å²) in [5.74, 6) is 0.331. The summed E-state index contributed by atoms with van der Waals surface area (Å²) in [6, 6.07) is 5.31. The molecule has 3 aliphatic rings. The van der Waals surface area contributed by atoms with Gasteiger partial charge in [-0.3, -0.25) is 9.59 Å². The number of anilines is 2. The molecule has 0 unspecified atom stereocenters. The maximum atomic E-state index is 12.9. The number of carbonyl (C=O) groups excluding carboxylic acids is 2. The minimum absolute atomic E-state index is 0.0172. The number of piperidine rings is 2. The smallest absolute Gasteiger partial charge is 0.256 e. The molecule has 1 spiro atoms. The highest BCUT2D eigenvalue weighted by molar-refractivity contribution is 7.99. The molecule has 4 heterocycles. The number of aliphatic hydroxyl groups is 1. The molecule has 1 aromatic carbocycles. The number of halogens is 1. The van der Waals surface area contributed by atoms with Crippen LogP contribution in [0, 0.1) is 5.41 Å². The van der Waals surface area contributed by atoms with Crippen LogP contribution in [-0.4, -0.2) is 71.0 Å². The highest BCUT2D eigenvalue weighted by Gasteiger charge is 2.38. The zero-order valence-electron chi connectivity index (χ0n) is 22.4. The molecule has 3 aliphatic heterocycles. The molecule has 5 rings (SSSR count). The van der Waals surface area contributed by atoms with Crippen molar-refractivity contribution in [1.82, 2.24) is 14.9 Å². The average Bonchev–Trinajstić information content (AvgIpc) is 3.43. The second-order valence-corrected chi connectivity index (χ2v) is 11.8. The van der Waals surface area contributed by atoms with Gasteiger partial charge in [-0.2, -0.15) is 4.99 Å². The fourth-order valence-corrected chi connectivity index (χ4v) is 6.24. The van der Waals surface area contributed by atoms with Crippen LogP contribution in [0.2, 0.25) is 5.02 Å². The molecule has 3 saturated heterocycles. The number of aliphatic hydroxyl groups excluding tert-OH is 1. The summed E-state index contributed by atoms with van der Waals surface area (Å²) in [6.45, 7) is 5.65. The molecular weight excluding hydrogens is 552 g/mol. The van der Waals surface area contributed by atoms with E-state index in [9.17, 15) is 14.7 Å². The average molecular weight is 585 g/mol. The maximum Gasteiger partial charge on any atom is 0.256 e. The van der Waals surface area contributed by atoms with Gasteiger partial charge in [0.05, 0.1) is 35.3 Å².